The fourth-order valence-electron chi connectivity index (χ4n) is 4.09. The van der Waals surface area contributed by atoms with Crippen molar-refractivity contribution in [1.82, 2.24) is 25.0 Å². The molecule has 0 bridgehead atoms. The summed E-state index contributed by atoms with van der Waals surface area (Å²) in [6.07, 6.45) is -0.808. The molecule has 1 saturated heterocycles. The Morgan fingerprint density at radius 1 is 1.14 bits per heavy atom. The minimum absolute atomic E-state index is 0.182. The number of halogens is 4. The number of carbonyl (C=O) groups excluding carboxylic acids is 2. The van der Waals surface area contributed by atoms with E-state index in [-0.39, 0.29) is 17.2 Å². The van der Waals surface area contributed by atoms with Gasteiger partial charge in [-0.3, -0.25) is 14.3 Å². The van der Waals surface area contributed by atoms with Crippen LogP contribution in [-0.2, 0) is 11.3 Å². The van der Waals surface area contributed by atoms with Gasteiger partial charge in [0.05, 0.1) is 16.6 Å². The van der Waals surface area contributed by atoms with Gasteiger partial charge in [0.25, 0.3) is 5.91 Å². The van der Waals surface area contributed by atoms with Crippen molar-refractivity contribution in [2.75, 3.05) is 25.0 Å². The number of rotatable bonds is 7. The maximum atomic E-state index is 14.7. The predicted octanol–water partition coefficient (Wildman–Crippen LogP) is 3.06. The Bertz CT molecular complexity index is 1280. The molecule has 8 nitrogen and oxygen atoms in total. The van der Waals surface area contributed by atoms with Crippen molar-refractivity contribution in [1.29, 1.82) is 0 Å². The van der Waals surface area contributed by atoms with Crippen LogP contribution in [0.2, 0.25) is 0 Å². The zero-order valence-corrected chi connectivity index (χ0v) is 18.5. The molecule has 3 heterocycles. The lowest BCUT2D eigenvalue weighted by atomic mass is 9.93. The molecule has 2 N–H and O–H groups in total. The zero-order valence-electron chi connectivity index (χ0n) is 18.5. The number of amides is 2. The number of likely N-dealkylation sites (tertiary alicyclic amines) is 1. The van der Waals surface area contributed by atoms with Crippen LogP contribution >= 0.6 is 0 Å². The van der Waals surface area contributed by atoms with Gasteiger partial charge in [-0.25, -0.2) is 9.37 Å². The zero-order chi connectivity index (χ0) is 24.7. The Balaban J connectivity index is 1.30. The molecule has 5 rings (SSSR count). The normalized spacial score (nSPS) is 16.3. The minimum atomic E-state index is -4.54. The minimum Gasteiger partial charge on any atom is -0.367 e. The summed E-state index contributed by atoms with van der Waals surface area (Å²) in [6, 6.07) is 8.00. The van der Waals surface area contributed by atoms with Crippen LogP contribution in [0.1, 0.15) is 34.8 Å². The Labute approximate surface area is 197 Å². The molecule has 2 aliphatic rings. The van der Waals surface area contributed by atoms with Gasteiger partial charge in [-0.15, -0.1) is 0 Å². The number of nitrogens with zero attached hydrogens (tertiary/aromatic N) is 4. The van der Waals surface area contributed by atoms with Gasteiger partial charge < -0.3 is 15.5 Å². The van der Waals surface area contributed by atoms with Crippen molar-refractivity contribution in [3.63, 3.8) is 0 Å². The van der Waals surface area contributed by atoms with Gasteiger partial charge in [-0.1, -0.05) is 6.07 Å². The van der Waals surface area contributed by atoms with Gasteiger partial charge in [0, 0.05) is 36.8 Å². The molecule has 3 aromatic rings. The summed E-state index contributed by atoms with van der Waals surface area (Å²) < 4.78 is 53.1. The predicted molar refractivity (Wildman–Crippen MR) is 118 cm³/mol. The average molecular weight is 490 g/mol. The van der Waals surface area contributed by atoms with Gasteiger partial charge in [0.1, 0.15) is 24.7 Å². The lowest BCUT2D eigenvalue weighted by Crippen LogP contribution is -2.48. The number of fused-ring (bicyclic) bond motifs is 1. The van der Waals surface area contributed by atoms with Crippen LogP contribution in [0.4, 0.5) is 23.4 Å². The monoisotopic (exact) mass is 490 g/mol. The molecule has 1 aliphatic heterocycles. The summed E-state index contributed by atoms with van der Waals surface area (Å²) >= 11 is 0. The van der Waals surface area contributed by atoms with Gasteiger partial charge in [-0.05, 0) is 37.1 Å². The number of nitrogens with one attached hydrogen (secondary N) is 2. The van der Waals surface area contributed by atoms with Gasteiger partial charge in [0.2, 0.25) is 5.91 Å². The summed E-state index contributed by atoms with van der Waals surface area (Å²) in [4.78, 5) is 30.8. The van der Waals surface area contributed by atoms with Crippen LogP contribution in [0, 0.1) is 5.82 Å². The molecule has 0 radical (unpaired) electrons. The topological polar surface area (TPSA) is 92.2 Å². The number of carbonyl (C=O) groups is 2. The summed E-state index contributed by atoms with van der Waals surface area (Å²) in [7, 11) is 0. The van der Waals surface area contributed by atoms with E-state index in [9.17, 15) is 27.2 Å². The smallest absolute Gasteiger partial charge is 0.367 e. The fraction of sp³-hybridized carbons (Fsp3) is 0.391. The molecule has 2 aromatic heterocycles. The highest BCUT2D eigenvalue weighted by Crippen LogP contribution is 2.34. The van der Waals surface area contributed by atoms with E-state index in [1.54, 1.807) is 34.6 Å². The Morgan fingerprint density at radius 3 is 2.63 bits per heavy atom. The van der Waals surface area contributed by atoms with Crippen LogP contribution in [0.3, 0.4) is 0 Å². The van der Waals surface area contributed by atoms with Crippen LogP contribution in [-0.4, -0.2) is 63.3 Å². The van der Waals surface area contributed by atoms with Crippen molar-refractivity contribution in [3.8, 4) is 0 Å². The highest BCUT2D eigenvalue weighted by Gasteiger charge is 2.36. The van der Waals surface area contributed by atoms with Crippen LogP contribution in [0.15, 0.2) is 36.5 Å². The lowest BCUT2D eigenvalue weighted by molar-refractivity contribution is -0.138. The average Bonchev–Trinajstić information content (AvgIpc) is 3.52. The summed E-state index contributed by atoms with van der Waals surface area (Å²) in [5.74, 6) is -1.25. The summed E-state index contributed by atoms with van der Waals surface area (Å²) in [5, 5.41) is 9.60. The van der Waals surface area contributed by atoms with E-state index >= 15 is 0 Å². The number of anilines is 1. The van der Waals surface area contributed by atoms with E-state index in [2.05, 4.69) is 15.4 Å². The summed E-state index contributed by atoms with van der Waals surface area (Å²) in [5.41, 5.74) is 1.16. The summed E-state index contributed by atoms with van der Waals surface area (Å²) in [6.45, 7) is -1.35. The standard InChI is InChI=1S/C23H22F4N6O2/c24-16-2-1-3-17-20(16)21(31-33(17)11-19(34)29-12-23(25,26)27)14-9-32(10-14)22(35)13-6-7-28-18(8-13)30-15-4-5-15/h1-3,6-8,14-15H,4-5,9-12H2,(H,28,30)(H,29,34). The maximum absolute atomic E-state index is 14.7. The second-order valence-electron chi connectivity index (χ2n) is 8.82. The van der Waals surface area contributed by atoms with Gasteiger partial charge in [-0.2, -0.15) is 18.3 Å². The van der Waals surface area contributed by atoms with Gasteiger partial charge >= 0.3 is 6.18 Å². The first-order valence-corrected chi connectivity index (χ1v) is 11.2. The molecule has 0 spiro atoms. The largest absolute Gasteiger partial charge is 0.405 e. The third-order valence-corrected chi connectivity index (χ3v) is 6.03. The van der Waals surface area contributed by atoms with Crippen LogP contribution in [0.5, 0.6) is 0 Å². The van der Waals surface area contributed by atoms with Crippen molar-refractivity contribution in [2.24, 2.45) is 0 Å². The van der Waals surface area contributed by atoms with Crippen LogP contribution < -0.4 is 10.6 Å². The third kappa shape index (κ3) is 5.05. The van der Waals surface area contributed by atoms with Crippen molar-refractivity contribution < 1.29 is 27.2 Å². The Hall–Kier alpha value is -3.70. The highest BCUT2D eigenvalue weighted by molar-refractivity contribution is 5.95. The Morgan fingerprint density at radius 2 is 1.91 bits per heavy atom. The number of hydrogen-bond donors (Lipinski definition) is 2. The number of alkyl halides is 3. The van der Waals surface area contributed by atoms with E-state index in [0.717, 1.165) is 12.8 Å². The third-order valence-electron chi connectivity index (χ3n) is 6.03. The van der Waals surface area contributed by atoms with E-state index in [1.807, 2.05) is 0 Å². The molecular weight excluding hydrogens is 468 g/mol. The number of benzene rings is 1. The molecule has 0 atom stereocenters. The first-order valence-electron chi connectivity index (χ1n) is 11.2. The fourth-order valence-corrected chi connectivity index (χ4v) is 4.09. The lowest BCUT2D eigenvalue weighted by Gasteiger charge is -2.38. The molecule has 12 heteroatoms. The molecule has 1 aromatic carbocycles. The van der Waals surface area contributed by atoms with E-state index < -0.39 is 31.0 Å². The SMILES string of the molecule is O=C(Cn1nc(C2CN(C(=O)c3ccnc(NC4CC4)c3)C2)c2c(F)cccc21)NCC(F)(F)F. The van der Waals surface area contributed by atoms with Crippen molar-refractivity contribution in [2.45, 2.75) is 37.5 Å². The molecule has 1 saturated carbocycles. The first kappa shape index (κ1) is 23.1. The Kier molecular flexibility index (Phi) is 5.81. The molecule has 2 amide bonds. The molecule has 35 heavy (non-hydrogen) atoms. The van der Waals surface area contributed by atoms with Gasteiger partial charge in [0.15, 0.2) is 0 Å². The number of aromatic nitrogens is 3. The van der Waals surface area contributed by atoms with Crippen molar-refractivity contribution >= 4 is 28.5 Å². The molecular formula is C23H22F4N6O2. The molecule has 184 valence electrons. The van der Waals surface area contributed by atoms with E-state index in [1.165, 1.54) is 16.8 Å². The highest BCUT2D eigenvalue weighted by atomic mass is 19.4. The van der Waals surface area contributed by atoms with Crippen LogP contribution in [0.25, 0.3) is 10.9 Å². The first-order chi connectivity index (χ1) is 16.7. The maximum Gasteiger partial charge on any atom is 0.405 e. The van der Waals surface area contributed by atoms with Crippen molar-refractivity contribution in [3.05, 3.63) is 53.6 Å². The van der Waals surface area contributed by atoms with E-state index in [0.29, 0.717) is 41.7 Å². The second-order valence-corrected chi connectivity index (χ2v) is 8.82. The molecule has 2 fully saturated rings. The molecule has 0 unspecified atom stereocenters. The quantitative estimate of drug-likeness (QED) is 0.497. The number of hydrogen-bond acceptors (Lipinski definition) is 5. The number of pyridine rings is 1. The molecule has 1 aliphatic carbocycles. The van der Waals surface area contributed by atoms with E-state index in [4.69, 9.17) is 0 Å². The second kappa shape index (κ2) is 8.82.